The van der Waals surface area contributed by atoms with Gasteiger partial charge in [-0.2, -0.15) is 0 Å². The van der Waals surface area contributed by atoms with E-state index < -0.39 is 0 Å². The molecule has 1 saturated heterocycles. The maximum Gasteiger partial charge on any atom is 0.0958 e. The predicted octanol–water partition coefficient (Wildman–Crippen LogP) is 5.10. The molecule has 3 saturated carbocycles. The van der Waals surface area contributed by atoms with Crippen LogP contribution in [-0.4, -0.2) is 19.3 Å². The lowest BCUT2D eigenvalue weighted by atomic mass is 9.49. The Bertz CT molecular complexity index is 655. The van der Waals surface area contributed by atoms with E-state index in [0.717, 1.165) is 48.5 Å². The van der Waals surface area contributed by atoms with E-state index in [0.29, 0.717) is 5.41 Å². The van der Waals surface area contributed by atoms with Crippen molar-refractivity contribution < 1.29 is 9.47 Å². The molecular formula is C23H32O2. The Morgan fingerprint density at radius 2 is 2.08 bits per heavy atom. The van der Waals surface area contributed by atoms with Crippen molar-refractivity contribution in [3.63, 3.8) is 0 Å². The lowest BCUT2D eigenvalue weighted by molar-refractivity contribution is -0.144. The van der Waals surface area contributed by atoms with Crippen molar-refractivity contribution >= 4 is 0 Å². The third kappa shape index (κ3) is 1.76. The van der Waals surface area contributed by atoms with E-state index in [4.69, 9.17) is 9.47 Å². The third-order valence-electron chi connectivity index (χ3n) is 9.53. The van der Waals surface area contributed by atoms with Crippen molar-refractivity contribution in [3.05, 3.63) is 23.5 Å². The molecule has 8 atom stereocenters. The maximum absolute atomic E-state index is 6.60. The van der Waals surface area contributed by atoms with Crippen LogP contribution in [0.2, 0.25) is 0 Å². The van der Waals surface area contributed by atoms with Crippen molar-refractivity contribution in [2.75, 3.05) is 13.7 Å². The van der Waals surface area contributed by atoms with Crippen LogP contribution in [0.3, 0.4) is 0 Å². The maximum atomic E-state index is 6.60. The summed E-state index contributed by atoms with van der Waals surface area (Å²) in [6, 6.07) is 0. The summed E-state index contributed by atoms with van der Waals surface area (Å²) >= 11 is 0. The van der Waals surface area contributed by atoms with Crippen LogP contribution in [0, 0.1) is 40.9 Å². The second-order valence-corrected chi connectivity index (χ2v) is 10.1. The molecule has 6 aliphatic rings. The van der Waals surface area contributed by atoms with Crippen molar-refractivity contribution in [2.45, 2.75) is 63.9 Å². The van der Waals surface area contributed by atoms with E-state index in [1.165, 1.54) is 50.7 Å². The van der Waals surface area contributed by atoms with Crippen molar-refractivity contribution in [2.24, 2.45) is 40.9 Å². The Balaban J connectivity index is 1.36. The molecule has 5 aliphatic carbocycles. The Labute approximate surface area is 152 Å². The Kier molecular flexibility index (Phi) is 3.03. The van der Waals surface area contributed by atoms with Crippen LogP contribution in [0.15, 0.2) is 23.5 Å². The number of ether oxygens (including phenoxy) is 2. The predicted molar refractivity (Wildman–Crippen MR) is 97.8 cm³/mol. The highest BCUT2D eigenvalue weighted by Gasteiger charge is 2.76. The molecule has 0 aromatic carbocycles. The van der Waals surface area contributed by atoms with Gasteiger partial charge >= 0.3 is 0 Å². The Morgan fingerprint density at radius 1 is 1.16 bits per heavy atom. The highest BCUT2D eigenvalue weighted by atomic mass is 16.5. The van der Waals surface area contributed by atoms with Crippen LogP contribution < -0.4 is 0 Å². The molecule has 0 amide bonds. The van der Waals surface area contributed by atoms with Gasteiger partial charge in [-0.3, -0.25) is 0 Å². The first-order valence-corrected chi connectivity index (χ1v) is 10.8. The normalized spacial score (nSPS) is 55.6. The van der Waals surface area contributed by atoms with Crippen LogP contribution in [0.4, 0.5) is 0 Å². The first-order valence-electron chi connectivity index (χ1n) is 10.8. The lowest BCUT2D eigenvalue weighted by Gasteiger charge is -2.57. The fraction of sp³-hybridized carbons (Fsp3) is 0.826. The van der Waals surface area contributed by atoms with Gasteiger partial charge in [-0.05, 0) is 92.1 Å². The molecule has 3 unspecified atom stereocenters. The summed E-state index contributed by atoms with van der Waals surface area (Å²) in [7, 11) is 1.83. The van der Waals surface area contributed by atoms with Gasteiger partial charge in [0.25, 0.3) is 0 Å². The zero-order valence-corrected chi connectivity index (χ0v) is 15.8. The van der Waals surface area contributed by atoms with Gasteiger partial charge in [0, 0.05) is 18.4 Å². The topological polar surface area (TPSA) is 18.5 Å². The fourth-order valence-electron chi connectivity index (χ4n) is 8.60. The van der Waals surface area contributed by atoms with E-state index in [-0.39, 0.29) is 5.60 Å². The molecule has 4 fully saturated rings. The summed E-state index contributed by atoms with van der Waals surface area (Å²) in [5.74, 6) is 6.66. The van der Waals surface area contributed by atoms with E-state index in [1.807, 2.05) is 7.11 Å². The zero-order chi connectivity index (χ0) is 16.8. The molecular weight excluding hydrogens is 308 g/mol. The number of hydrogen-bond donors (Lipinski definition) is 0. The second kappa shape index (κ2) is 4.94. The number of rotatable bonds is 1. The van der Waals surface area contributed by atoms with Gasteiger partial charge in [-0.1, -0.05) is 13.0 Å². The molecule has 2 heteroatoms. The van der Waals surface area contributed by atoms with Crippen LogP contribution in [0.5, 0.6) is 0 Å². The lowest BCUT2D eigenvalue weighted by Crippen LogP contribution is -2.54. The highest BCUT2D eigenvalue weighted by Crippen LogP contribution is 2.78. The fourth-order valence-corrected chi connectivity index (χ4v) is 8.60. The molecule has 0 radical (unpaired) electrons. The molecule has 0 N–H and O–H groups in total. The minimum atomic E-state index is 0.271. The van der Waals surface area contributed by atoms with Crippen molar-refractivity contribution in [3.8, 4) is 0 Å². The Hall–Kier alpha value is -0.760. The van der Waals surface area contributed by atoms with E-state index in [2.05, 4.69) is 19.1 Å². The molecule has 1 aliphatic heterocycles. The summed E-state index contributed by atoms with van der Waals surface area (Å²) in [5.41, 5.74) is 2.34. The molecule has 1 heterocycles. The van der Waals surface area contributed by atoms with Gasteiger partial charge in [0.05, 0.1) is 18.5 Å². The SMILES string of the molecule is COC1=CC2=CCC3C(CC[C@@]4(C)C3[C@@H]3C[C@@H]3[C@@]43CCCO3)[C@H]2CC1. The molecule has 25 heavy (non-hydrogen) atoms. The Morgan fingerprint density at radius 3 is 2.88 bits per heavy atom. The van der Waals surface area contributed by atoms with Gasteiger partial charge in [-0.15, -0.1) is 0 Å². The summed E-state index contributed by atoms with van der Waals surface area (Å²) in [6.45, 7) is 3.66. The van der Waals surface area contributed by atoms with Gasteiger partial charge in [0.2, 0.25) is 0 Å². The van der Waals surface area contributed by atoms with Crippen LogP contribution >= 0.6 is 0 Å². The minimum absolute atomic E-state index is 0.271. The number of hydrogen-bond acceptors (Lipinski definition) is 2. The summed E-state index contributed by atoms with van der Waals surface area (Å²) < 4.78 is 12.2. The first kappa shape index (κ1) is 15.3. The van der Waals surface area contributed by atoms with Crippen molar-refractivity contribution in [1.82, 2.24) is 0 Å². The van der Waals surface area contributed by atoms with Crippen LogP contribution in [0.25, 0.3) is 0 Å². The summed E-state index contributed by atoms with van der Waals surface area (Å²) in [6.07, 6.45) is 15.7. The third-order valence-corrected chi connectivity index (χ3v) is 9.53. The number of fused-ring (bicyclic) bond motifs is 9. The number of methoxy groups -OCH3 is 1. The van der Waals surface area contributed by atoms with Crippen LogP contribution in [0.1, 0.15) is 58.3 Å². The van der Waals surface area contributed by atoms with E-state index in [9.17, 15) is 0 Å². The minimum Gasteiger partial charge on any atom is -0.501 e. The molecule has 0 aromatic rings. The van der Waals surface area contributed by atoms with Gasteiger partial charge < -0.3 is 9.47 Å². The largest absolute Gasteiger partial charge is 0.501 e. The van der Waals surface area contributed by atoms with Gasteiger partial charge in [0.1, 0.15) is 0 Å². The van der Waals surface area contributed by atoms with E-state index >= 15 is 0 Å². The molecule has 2 nitrogen and oxygen atoms in total. The average Bonchev–Trinajstić information content (AvgIpc) is 3.20. The number of allylic oxidation sites excluding steroid dienone is 4. The highest BCUT2D eigenvalue weighted by molar-refractivity contribution is 5.33. The molecule has 1 spiro atoms. The van der Waals surface area contributed by atoms with Crippen molar-refractivity contribution in [1.29, 1.82) is 0 Å². The smallest absolute Gasteiger partial charge is 0.0958 e. The molecule has 0 aromatic heterocycles. The average molecular weight is 341 g/mol. The molecule has 0 bridgehead atoms. The monoisotopic (exact) mass is 340 g/mol. The van der Waals surface area contributed by atoms with Crippen LogP contribution in [-0.2, 0) is 9.47 Å². The standard InChI is InChI=1S/C23H32O2/c1-22-10-8-17-16-7-5-15(24-2)12-14(16)4-6-18(17)21(22)19-13-20(19)23(22)9-3-11-25-23/h4,12,16-21H,3,5-11,13H2,1-2H3/t16-,17?,18?,19+,20-,21?,22-,23-/m0/s1. The molecule has 6 rings (SSSR count). The van der Waals surface area contributed by atoms with Gasteiger partial charge in [-0.25, -0.2) is 0 Å². The quantitative estimate of drug-likeness (QED) is 0.661. The summed E-state index contributed by atoms with van der Waals surface area (Å²) in [4.78, 5) is 0. The van der Waals surface area contributed by atoms with E-state index in [1.54, 1.807) is 5.57 Å². The molecule has 136 valence electrons. The zero-order valence-electron chi connectivity index (χ0n) is 15.8. The second-order valence-electron chi connectivity index (χ2n) is 10.1. The van der Waals surface area contributed by atoms with Gasteiger partial charge in [0.15, 0.2) is 0 Å². The summed E-state index contributed by atoms with van der Waals surface area (Å²) in [5, 5.41) is 0. The first-order chi connectivity index (χ1) is 12.2.